The lowest BCUT2D eigenvalue weighted by molar-refractivity contribution is 0.870. The first-order valence-electron chi connectivity index (χ1n) is 4.36. The number of rotatable bonds is 0. The summed E-state index contributed by atoms with van der Waals surface area (Å²) in [4.78, 5) is 0.472. The van der Waals surface area contributed by atoms with Gasteiger partial charge in [0.2, 0.25) is 0 Å². The van der Waals surface area contributed by atoms with Gasteiger partial charge < -0.3 is 0 Å². The van der Waals surface area contributed by atoms with Crippen LogP contribution in [0.25, 0.3) is 6.08 Å². The van der Waals surface area contributed by atoms with Crippen molar-refractivity contribution in [1.29, 1.82) is 0 Å². The van der Waals surface area contributed by atoms with Crippen LogP contribution in [0.1, 0.15) is 17.5 Å². The van der Waals surface area contributed by atoms with Gasteiger partial charge in [-0.3, -0.25) is 0 Å². The summed E-state index contributed by atoms with van der Waals surface area (Å²) in [5.41, 5.74) is 2.79. The van der Waals surface area contributed by atoms with Crippen LogP contribution in [-0.4, -0.2) is 4.83 Å². The lowest BCUT2D eigenvalue weighted by atomic mass is 10.1. The Bertz CT molecular complexity index is 342. The number of benzene rings is 1. The Kier molecular flexibility index (Phi) is 2.89. The molecule has 2 rings (SSSR count). The minimum Gasteiger partial charge on any atom is -0.0833 e. The molecule has 0 aromatic heterocycles. The van der Waals surface area contributed by atoms with Crippen LogP contribution < -0.4 is 0 Å². The van der Waals surface area contributed by atoms with Gasteiger partial charge in [0.1, 0.15) is 0 Å². The average molecular weight is 302 g/mol. The standard InChI is InChI=1S/C11H10Br2/c12-10-6-5-8-3-1-2-4-9(8)7-11(10)13/h1-4,7,10H,5-6H2. The zero-order valence-electron chi connectivity index (χ0n) is 7.13. The molecule has 1 aliphatic carbocycles. The summed E-state index contributed by atoms with van der Waals surface area (Å²) >= 11 is 7.24. The highest BCUT2D eigenvalue weighted by atomic mass is 79.9. The first kappa shape index (κ1) is 9.47. The molecule has 2 heteroatoms. The maximum atomic E-state index is 3.65. The van der Waals surface area contributed by atoms with Crippen LogP contribution in [0.2, 0.25) is 0 Å². The van der Waals surface area contributed by atoms with Crippen LogP contribution in [0, 0.1) is 0 Å². The summed E-state index contributed by atoms with van der Waals surface area (Å²) in [6.07, 6.45) is 4.52. The van der Waals surface area contributed by atoms with Gasteiger partial charge >= 0.3 is 0 Å². The van der Waals surface area contributed by atoms with Crippen molar-refractivity contribution in [3.8, 4) is 0 Å². The quantitative estimate of drug-likeness (QED) is 0.632. The van der Waals surface area contributed by atoms with E-state index in [-0.39, 0.29) is 0 Å². The highest BCUT2D eigenvalue weighted by Gasteiger charge is 2.13. The summed E-state index contributed by atoms with van der Waals surface area (Å²) in [6, 6.07) is 8.57. The molecule has 1 aromatic carbocycles. The van der Waals surface area contributed by atoms with Gasteiger partial charge in [0.25, 0.3) is 0 Å². The van der Waals surface area contributed by atoms with Crippen molar-refractivity contribution in [2.75, 3.05) is 0 Å². The smallest absolute Gasteiger partial charge is 0.0464 e. The summed E-state index contributed by atoms with van der Waals surface area (Å²) in [5.74, 6) is 0. The predicted octanol–water partition coefficient (Wildman–Crippen LogP) is 4.13. The topological polar surface area (TPSA) is 0 Å². The van der Waals surface area contributed by atoms with E-state index in [0.717, 1.165) is 12.8 Å². The zero-order chi connectivity index (χ0) is 9.26. The molecule has 1 atom stereocenters. The van der Waals surface area contributed by atoms with Gasteiger partial charge in [0.05, 0.1) is 0 Å². The molecular weight excluding hydrogens is 292 g/mol. The fraction of sp³-hybridized carbons (Fsp3) is 0.273. The van der Waals surface area contributed by atoms with Gasteiger partial charge in [-0.1, -0.05) is 56.1 Å². The Morgan fingerprint density at radius 1 is 1.23 bits per heavy atom. The van der Waals surface area contributed by atoms with Crippen molar-refractivity contribution in [3.05, 3.63) is 39.9 Å². The summed E-state index contributed by atoms with van der Waals surface area (Å²) in [6.45, 7) is 0. The van der Waals surface area contributed by atoms with Crippen molar-refractivity contribution in [1.82, 2.24) is 0 Å². The minimum absolute atomic E-state index is 0.472. The molecule has 0 bridgehead atoms. The average Bonchev–Trinajstić information content (AvgIpc) is 2.28. The first-order chi connectivity index (χ1) is 6.27. The van der Waals surface area contributed by atoms with Crippen LogP contribution in [-0.2, 0) is 6.42 Å². The Morgan fingerprint density at radius 3 is 2.85 bits per heavy atom. The van der Waals surface area contributed by atoms with Crippen molar-refractivity contribution in [2.24, 2.45) is 0 Å². The molecule has 13 heavy (non-hydrogen) atoms. The normalized spacial score (nSPS) is 21.7. The van der Waals surface area contributed by atoms with E-state index in [1.165, 1.54) is 15.6 Å². The predicted molar refractivity (Wildman–Crippen MR) is 64.4 cm³/mol. The second-order valence-electron chi connectivity index (χ2n) is 3.23. The van der Waals surface area contributed by atoms with Gasteiger partial charge in [-0.2, -0.15) is 0 Å². The Morgan fingerprint density at radius 2 is 2.00 bits per heavy atom. The fourth-order valence-electron chi connectivity index (χ4n) is 1.56. The van der Waals surface area contributed by atoms with Crippen LogP contribution in [0.15, 0.2) is 28.7 Å². The minimum atomic E-state index is 0.472. The third-order valence-electron chi connectivity index (χ3n) is 2.31. The molecule has 1 aliphatic rings. The van der Waals surface area contributed by atoms with E-state index in [4.69, 9.17) is 0 Å². The van der Waals surface area contributed by atoms with E-state index < -0.39 is 0 Å². The maximum absolute atomic E-state index is 3.65. The number of allylic oxidation sites excluding steroid dienone is 1. The molecule has 0 heterocycles. The molecule has 0 saturated carbocycles. The molecule has 0 radical (unpaired) electrons. The van der Waals surface area contributed by atoms with Crippen molar-refractivity contribution < 1.29 is 0 Å². The highest BCUT2D eigenvalue weighted by Crippen LogP contribution is 2.30. The van der Waals surface area contributed by atoms with E-state index in [1.54, 1.807) is 0 Å². The van der Waals surface area contributed by atoms with Crippen LogP contribution >= 0.6 is 31.9 Å². The molecule has 0 amide bonds. The number of aryl methyl sites for hydroxylation is 1. The van der Waals surface area contributed by atoms with Gasteiger partial charge in [-0.05, 0) is 30.0 Å². The maximum Gasteiger partial charge on any atom is 0.0464 e. The molecule has 0 nitrogen and oxygen atoms in total. The van der Waals surface area contributed by atoms with E-state index in [2.05, 4.69) is 62.2 Å². The van der Waals surface area contributed by atoms with E-state index in [9.17, 15) is 0 Å². The molecule has 0 spiro atoms. The molecule has 0 saturated heterocycles. The van der Waals surface area contributed by atoms with Gasteiger partial charge in [0, 0.05) is 9.31 Å². The third-order valence-corrected chi connectivity index (χ3v) is 4.66. The van der Waals surface area contributed by atoms with Gasteiger partial charge in [-0.25, -0.2) is 0 Å². The van der Waals surface area contributed by atoms with E-state index in [0.29, 0.717) is 4.83 Å². The van der Waals surface area contributed by atoms with Gasteiger partial charge in [0.15, 0.2) is 0 Å². The lowest BCUT2D eigenvalue weighted by Crippen LogP contribution is -1.96. The Labute approximate surface area is 95.3 Å². The van der Waals surface area contributed by atoms with Crippen molar-refractivity contribution in [2.45, 2.75) is 17.7 Å². The van der Waals surface area contributed by atoms with Crippen LogP contribution in [0.5, 0.6) is 0 Å². The summed E-state index contributed by atoms with van der Waals surface area (Å²) in [5, 5.41) is 0. The van der Waals surface area contributed by atoms with Gasteiger partial charge in [-0.15, -0.1) is 0 Å². The SMILES string of the molecule is BrC1=Cc2ccccc2CCC1Br. The Hall–Kier alpha value is -0.0800. The molecule has 1 unspecified atom stereocenters. The van der Waals surface area contributed by atoms with Crippen LogP contribution in [0.3, 0.4) is 0 Å². The molecule has 68 valence electrons. The van der Waals surface area contributed by atoms with E-state index in [1.807, 2.05) is 0 Å². The molecule has 0 N–H and O–H groups in total. The number of halogens is 2. The first-order valence-corrected chi connectivity index (χ1v) is 6.07. The summed E-state index contributed by atoms with van der Waals surface area (Å²) in [7, 11) is 0. The molecular formula is C11H10Br2. The molecule has 1 aromatic rings. The Balaban J connectivity index is 2.45. The summed E-state index contributed by atoms with van der Waals surface area (Å²) < 4.78 is 1.25. The van der Waals surface area contributed by atoms with Crippen LogP contribution in [0.4, 0.5) is 0 Å². The fourth-order valence-corrected chi connectivity index (χ4v) is 2.40. The van der Waals surface area contributed by atoms with E-state index >= 15 is 0 Å². The second-order valence-corrected chi connectivity index (χ2v) is 5.26. The monoisotopic (exact) mass is 300 g/mol. The van der Waals surface area contributed by atoms with Crippen molar-refractivity contribution in [3.63, 3.8) is 0 Å². The lowest BCUT2D eigenvalue weighted by Gasteiger charge is -2.03. The molecule has 0 fully saturated rings. The zero-order valence-corrected chi connectivity index (χ0v) is 10.3. The third kappa shape index (κ3) is 2.05. The second kappa shape index (κ2) is 3.97. The number of alkyl halides is 1. The highest BCUT2D eigenvalue weighted by molar-refractivity contribution is 9.14. The number of fused-ring (bicyclic) bond motifs is 1. The number of hydrogen-bond acceptors (Lipinski definition) is 0. The molecule has 0 aliphatic heterocycles. The largest absolute Gasteiger partial charge is 0.0833 e. The number of hydrogen-bond donors (Lipinski definition) is 0. The van der Waals surface area contributed by atoms with Crippen molar-refractivity contribution >= 4 is 37.9 Å².